The summed E-state index contributed by atoms with van der Waals surface area (Å²) in [5, 5.41) is 11.0. The van der Waals surface area contributed by atoms with E-state index in [1.807, 2.05) is 43.3 Å². The number of guanidine groups is 1. The average Bonchev–Trinajstić information content (AvgIpc) is 3.25. The molecule has 3 aromatic rings. The molecule has 166 valence electrons. The van der Waals surface area contributed by atoms with Crippen molar-refractivity contribution in [2.24, 2.45) is 4.99 Å². The molecule has 0 aliphatic rings. The summed E-state index contributed by atoms with van der Waals surface area (Å²) >= 11 is 5.91. The van der Waals surface area contributed by atoms with Crippen molar-refractivity contribution in [3.8, 4) is 22.9 Å². The Morgan fingerprint density at radius 3 is 2.45 bits per heavy atom. The van der Waals surface area contributed by atoms with Gasteiger partial charge in [-0.25, -0.2) is 4.99 Å². The molecule has 0 unspecified atom stereocenters. The van der Waals surface area contributed by atoms with Crippen LogP contribution < -0.4 is 20.1 Å². The lowest BCUT2D eigenvalue weighted by Gasteiger charge is -2.12. The first-order valence-electron chi connectivity index (χ1n) is 9.55. The van der Waals surface area contributed by atoms with Gasteiger partial charge in [0.1, 0.15) is 24.7 Å². The number of ether oxygens (including phenoxy) is 2. The third-order valence-electron chi connectivity index (χ3n) is 4.01. The van der Waals surface area contributed by atoms with Crippen molar-refractivity contribution in [3.05, 3.63) is 59.4 Å². The van der Waals surface area contributed by atoms with Crippen LogP contribution in [0.25, 0.3) is 11.4 Å². The van der Waals surface area contributed by atoms with E-state index in [0.29, 0.717) is 35.8 Å². The third kappa shape index (κ3) is 7.91. The standard InChI is InChI=1S/C21H24ClN5O3.HI/c1-3-23-21(24-12-13-29-18-10-8-17(28-2)9-11-18)25-14-19-26-20(27-30-19)15-4-6-16(22)7-5-15;/h4-11H,3,12-14H2,1-2H3,(H2,23,24,25);1H. The topological polar surface area (TPSA) is 93.8 Å². The zero-order valence-corrected chi connectivity index (χ0v) is 20.4. The molecule has 0 aliphatic carbocycles. The van der Waals surface area contributed by atoms with E-state index in [0.717, 1.165) is 23.6 Å². The highest BCUT2D eigenvalue weighted by Crippen LogP contribution is 2.19. The van der Waals surface area contributed by atoms with E-state index < -0.39 is 0 Å². The summed E-state index contributed by atoms with van der Waals surface area (Å²) in [5.41, 5.74) is 0.832. The van der Waals surface area contributed by atoms with Crippen LogP contribution in [0, 0.1) is 0 Å². The highest BCUT2D eigenvalue weighted by molar-refractivity contribution is 14.0. The second-order valence-electron chi connectivity index (χ2n) is 6.16. The Labute approximate surface area is 203 Å². The fourth-order valence-electron chi connectivity index (χ4n) is 2.53. The van der Waals surface area contributed by atoms with Crippen molar-refractivity contribution in [1.82, 2.24) is 20.8 Å². The zero-order valence-electron chi connectivity index (χ0n) is 17.3. The molecule has 10 heteroatoms. The number of hydrogen-bond acceptors (Lipinski definition) is 6. The largest absolute Gasteiger partial charge is 0.497 e. The average molecular weight is 558 g/mol. The van der Waals surface area contributed by atoms with Crippen LogP contribution in [0.3, 0.4) is 0 Å². The van der Waals surface area contributed by atoms with Crippen LogP contribution in [0.5, 0.6) is 11.5 Å². The zero-order chi connectivity index (χ0) is 21.2. The first kappa shape index (κ1) is 24.7. The number of aliphatic imine (C=N–C) groups is 1. The Morgan fingerprint density at radius 2 is 1.77 bits per heavy atom. The lowest BCUT2D eigenvalue weighted by Crippen LogP contribution is -2.39. The molecule has 8 nitrogen and oxygen atoms in total. The number of nitrogens with one attached hydrogen (secondary N) is 2. The summed E-state index contributed by atoms with van der Waals surface area (Å²) in [7, 11) is 1.63. The summed E-state index contributed by atoms with van der Waals surface area (Å²) in [5.74, 6) is 3.14. The van der Waals surface area contributed by atoms with Gasteiger partial charge in [-0.05, 0) is 55.5 Å². The predicted octanol–water partition coefficient (Wildman–Crippen LogP) is 4.15. The van der Waals surface area contributed by atoms with Crippen molar-refractivity contribution < 1.29 is 14.0 Å². The Hall–Kier alpha value is -2.53. The van der Waals surface area contributed by atoms with Crippen molar-refractivity contribution in [2.45, 2.75) is 13.5 Å². The third-order valence-corrected chi connectivity index (χ3v) is 4.26. The maximum atomic E-state index is 5.91. The highest BCUT2D eigenvalue weighted by atomic mass is 127. The SMILES string of the molecule is CCNC(=NCc1nc(-c2ccc(Cl)cc2)no1)NCCOc1ccc(OC)cc1.I. The van der Waals surface area contributed by atoms with Gasteiger partial charge in [-0.1, -0.05) is 16.8 Å². The monoisotopic (exact) mass is 557 g/mol. The molecule has 0 aliphatic heterocycles. The fraction of sp³-hybridized carbons (Fsp3) is 0.286. The van der Waals surface area contributed by atoms with E-state index in [-0.39, 0.29) is 30.5 Å². The normalized spacial score (nSPS) is 10.9. The Morgan fingerprint density at radius 1 is 1.06 bits per heavy atom. The van der Waals surface area contributed by atoms with Crippen molar-refractivity contribution in [3.63, 3.8) is 0 Å². The number of nitrogens with zero attached hydrogens (tertiary/aromatic N) is 3. The van der Waals surface area contributed by atoms with Gasteiger partial charge in [-0.3, -0.25) is 0 Å². The molecule has 3 rings (SSSR count). The molecule has 0 saturated heterocycles. The first-order valence-corrected chi connectivity index (χ1v) is 9.93. The van der Waals surface area contributed by atoms with E-state index >= 15 is 0 Å². The van der Waals surface area contributed by atoms with Crippen LogP contribution in [0.15, 0.2) is 58.0 Å². The molecular formula is C21H25ClIN5O3. The molecule has 1 heterocycles. The summed E-state index contributed by atoms with van der Waals surface area (Å²) in [4.78, 5) is 8.85. The predicted molar refractivity (Wildman–Crippen MR) is 131 cm³/mol. The lowest BCUT2D eigenvalue weighted by atomic mass is 10.2. The number of halogens is 2. The Kier molecular flexibility index (Phi) is 10.4. The smallest absolute Gasteiger partial charge is 0.248 e. The van der Waals surface area contributed by atoms with Gasteiger partial charge in [0.05, 0.1) is 13.7 Å². The van der Waals surface area contributed by atoms with Crippen molar-refractivity contribution in [2.75, 3.05) is 26.8 Å². The van der Waals surface area contributed by atoms with E-state index in [4.69, 9.17) is 25.6 Å². The maximum absolute atomic E-state index is 5.91. The van der Waals surface area contributed by atoms with Gasteiger partial charge in [0.15, 0.2) is 5.96 Å². The van der Waals surface area contributed by atoms with Gasteiger partial charge in [0, 0.05) is 17.1 Å². The van der Waals surface area contributed by atoms with Gasteiger partial charge in [0.25, 0.3) is 0 Å². The second-order valence-corrected chi connectivity index (χ2v) is 6.60. The number of benzene rings is 2. The minimum absolute atomic E-state index is 0. The fourth-order valence-corrected chi connectivity index (χ4v) is 2.66. The molecular weight excluding hydrogens is 533 g/mol. The van der Waals surface area contributed by atoms with E-state index in [1.54, 1.807) is 19.2 Å². The van der Waals surface area contributed by atoms with Gasteiger partial charge >= 0.3 is 0 Å². The molecule has 0 saturated carbocycles. The van der Waals surface area contributed by atoms with E-state index in [9.17, 15) is 0 Å². The number of rotatable bonds is 9. The quantitative estimate of drug-likeness (QED) is 0.177. The first-order chi connectivity index (χ1) is 14.7. The minimum Gasteiger partial charge on any atom is -0.497 e. The van der Waals surface area contributed by atoms with Crippen LogP contribution in [0.1, 0.15) is 12.8 Å². The molecule has 2 aromatic carbocycles. The molecule has 0 amide bonds. The van der Waals surface area contributed by atoms with Crippen LogP contribution >= 0.6 is 35.6 Å². The van der Waals surface area contributed by atoms with Crippen LogP contribution in [0.4, 0.5) is 0 Å². The molecule has 0 radical (unpaired) electrons. The molecule has 0 bridgehead atoms. The maximum Gasteiger partial charge on any atom is 0.248 e. The lowest BCUT2D eigenvalue weighted by molar-refractivity contribution is 0.321. The summed E-state index contributed by atoms with van der Waals surface area (Å²) < 4.78 is 16.1. The van der Waals surface area contributed by atoms with Crippen molar-refractivity contribution >= 4 is 41.5 Å². The second kappa shape index (κ2) is 13.0. The summed E-state index contributed by atoms with van der Waals surface area (Å²) in [6.45, 7) is 4.05. The van der Waals surface area contributed by atoms with Crippen molar-refractivity contribution in [1.29, 1.82) is 0 Å². The minimum atomic E-state index is 0. The number of methoxy groups -OCH3 is 1. The van der Waals surface area contributed by atoms with Gasteiger partial charge < -0.3 is 24.6 Å². The number of aromatic nitrogens is 2. The van der Waals surface area contributed by atoms with Crippen LogP contribution in [-0.2, 0) is 6.54 Å². The van der Waals surface area contributed by atoms with Crippen LogP contribution in [0.2, 0.25) is 5.02 Å². The number of hydrogen-bond donors (Lipinski definition) is 2. The van der Waals surface area contributed by atoms with Crippen LogP contribution in [-0.4, -0.2) is 42.9 Å². The van der Waals surface area contributed by atoms with Gasteiger partial charge in [0.2, 0.25) is 11.7 Å². The van der Waals surface area contributed by atoms with E-state index in [2.05, 4.69) is 25.8 Å². The Balaban J connectivity index is 0.00000341. The molecule has 0 fully saturated rings. The molecule has 0 spiro atoms. The molecule has 0 atom stereocenters. The molecule has 2 N–H and O–H groups in total. The Bertz CT molecular complexity index is 948. The van der Waals surface area contributed by atoms with Gasteiger partial charge in [-0.15, -0.1) is 24.0 Å². The summed E-state index contributed by atoms with van der Waals surface area (Å²) in [6.07, 6.45) is 0. The molecule has 1 aromatic heterocycles. The van der Waals surface area contributed by atoms with Gasteiger partial charge in [-0.2, -0.15) is 4.98 Å². The molecule has 31 heavy (non-hydrogen) atoms. The highest BCUT2D eigenvalue weighted by Gasteiger charge is 2.08. The summed E-state index contributed by atoms with van der Waals surface area (Å²) in [6, 6.07) is 14.7. The van der Waals surface area contributed by atoms with E-state index in [1.165, 1.54) is 0 Å².